The molecule has 1 saturated heterocycles. The SMILES string of the molecule is Cl.O=C(CNc1ccccc1)N1CCOC2CCCCC21. The van der Waals surface area contributed by atoms with Crippen molar-refractivity contribution in [3.05, 3.63) is 30.3 Å². The number of rotatable bonds is 3. The molecule has 1 amide bonds. The lowest BCUT2D eigenvalue weighted by molar-refractivity contribution is -0.147. The number of nitrogens with zero attached hydrogens (tertiary/aromatic N) is 1. The largest absolute Gasteiger partial charge is 0.376 e. The van der Waals surface area contributed by atoms with Crippen LogP contribution in [0.1, 0.15) is 25.7 Å². The lowest BCUT2D eigenvalue weighted by atomic mass is 9.90. The number of nitrogens with one attached hydrogen (secondary N) is 1. The van der Waals surface area contributed by atoms with Crippen molar-refractivity contribution in [2.24, 2.45) is 0 Å². The predicted octanol–water partition coefficient (Wildman–Crippen LogP) is 2.69. The van der Waals surface area contributed by atoms with Crippen LogP contribution in [-0.2, 0) is 9.53 Å². The van der Waals surface area contributed by atoms with Gasteiger partial charge in [-0.05, 0) is 25.0 Å². The summed E-state index contributed by atoms with van der Waals surface area (Å²) in [6.07, 6.45) is 4.88. The van der Waals surface area contributed by atoms with Crippen molar-refractivity contribution in [2.75, 3.05) is 25.0 Å². The Kier molecular flexibility index (Phi) is 5.88. The number of para-hydroxylation sites is 1. The van der Waals surface area contributed by atoms with Crippen LogP contribution in [-0.4, -0.2) is 42.6 Å². The smallest absolute Gasteiger partial charge is 0.242 e. The minimum absolute atomic E-state index is 0. The first-order chi connectivity index (χ1) is 9.84. The molecule has 2 fully saturated rings. The summed E-state index contributed by atoms with van der Waals surface area (Å²) in [5.41, 5.74) is 0.995. The topological polar surface area (TPSA) is 41.6 Å². The number of carbonyl (C=O) groups excluding carboxylic acids is 1. The number of morpholine rings is 1. The van der Waals surface area contributed by atoms with Crippen molar-refractivity contribution in [3.63, 3.8) is 0 Å². The zero-order chi connectivity index (χ0) is 13.8. The van der Waals surface area contributed by atoms with Gasteiger partial charge in [-0.25, -0.2) is 0 Å². The minimum Gasteiger partial charge on any atom is -0.376 e. The summed E-state index contributed by atoms with van der Waals surface area (Å²) in [5, 5.41) is 3.21. The van der Waals surface area contributed by atoms with E-state index < -0.39 is 0 Å². The number of halogens is 1. The van der Waals surface area contributed by atoms with Crippen LogP contribution in [0.5, 0.6) is 0 Å². The second-order valence-corrected chi connectivity index (χ2v) is 5.57. The first kappa shape index (κ1) is 16.1. The Hall–Kier alpha value is -1.26. The van der Waals surface area contributed by atoms with Gasteiger partial charge in [-0.15, -0.1) is 12.4 Å². The van der Waals surface area contributed by atoms with E-state index in [0.717, 1.165) is 25.1 Å². The van der Waals surface area contributed by atoms with Crippen LogP contribution in [0, 0.1) is 0 Å². The van der Waals surface area contributed by atoms with E-state index in [9.17, 15) is 4.79 Å². The van der Waals surface area contributed by atoms with Gasteiger partial charge >= 0.3 is 0 Å². The Morgan fingerprint density at radius 1 is 1.24 bits per heavy atom. The molecule has 21 heavy (non-hydrogen) atoms. The molecule has 4 nitrogen and oxygen atoms in total. The Morgan fingerprint density at radius 2 is 2.00 bits per heavy atom. The Balaban J connectivity index is 0.00000161. The summed E-state index contributed by atoms with van der Waals surface area (Å²) in [7, 11) is 0. The minimum atomic E-state index is 0. The Labute approximate surface area is 132 Å². The highest BCUT2D eigenvalue weighted by atomic mass is 35.5. The average Bonchev–Trinajstić information content (AvgIpc) is 2.53. The highest BCUT2D eigenvalue weighted by Gasteiger charge is 2.36. The number of hydrogen-bond donors (Lipinski definition) is 1. The van der Waals surface area contributed by atoms with Crippen LogP contribution in [0.2, 0.25) is 0 Å². The summed E-state index contributed by atoms with van der Waals surface area (Å²) in [6, 6.07) is 10.2. The van der Waals surface area contributed by atoms with E-state index in [0.29, 0.717) is 19.2 Å². The van der Waals surface area contributed by atoms with Crippen LogP contribution in [0.15, 0.2) is 30.3 Å². The molecule has 1 aliphatic heterocycles. The van der Waals surface area contributed by atoms with Crippen LogP contribution >= 0.6 is 12.4 Å². The number of ether oxygens (including phenoxy) is 1. The van der Waals surface area contributed by atoms with Crippen LogP contribution in [0.25, 0.3) is 0 Å². The highest BCUT2D eigenvalue weighted by molar-refractivity contribution is 5.85. The maximum atomic E-state index is 12.4. The fourth-order valence-corrected chi connectivity index (χ4v) is 3.24. The predicted molar refractivity (Wildman–Crippen MR) is 85.9 cm³/mol. The van der Waals surface area contributed by atoms with E-state index in [1.807, 2.05) is 35.2 Å². The van der Waals surface area contributed by atoms with Crippen molar-refractivity contribution in [3.8, 4) is 0 Å². The molecule has 1 aliphatic carbocycles. The number of fused-ring (bicyclic) bond motifs is 1. The zero-order valence-corrected chi connectivity index (χ0v) is 13.0. The first-order valence-corrected chi connectivity index (χ1v) is 7.54. The van der Waals surface area contributed by atoms with Gasteiger partial charge in [-0.3, -0.25) is 4.79 Å². The maximum absolute atomic E-state index is 12.4. The van der Waals surface area contributed by atoms with Crippen LogP contribution in [0.4, 0.5) is 5.69 Å². The number of benzene rings is 1. The zero-order valence-electron chi connectivity index (χ0n) is 12.2. The molecule has 0 aromatic heterocycles. The molecule has 1 aromatic carbocycles. The molecule has 5 heteroatoms. The van der Waals surface area contributed by atoms with Gasteiger partial charge in [0.05, 0.1) is 25.3 Å². The van der Waals surface area contributed by atoms with Crippen molar-refractivity contribution >= 4 is 24.0 Å². The fourth-order valence-electron chi connectivity index (χ4n) is 3.24. The van der Waals surface area contributed by atoms with Crippen molar-refractivity contribution in [1.29, 1.82) is 0 Å². The van der Waals surface area contributed by atoms with E-state index in [1.54, 1.807) is 0 Å². The second-order valence-electron chi connectivity index (χ2n) is 5.57. The monoisotopic (exact) mass is 310 g/mol. The van der Waals surface area contributed by atoms with E-state index in [1.165, 1.54) is 12.8 Å². The normalized spacial score (nSPS) is 24.7. The molecule has 2 aliphatic rings. The van der Waals surface area contributed by atoms with Gasteiger partial charge in [0.1, 0.15) is 0 Å². The molecule has 0 radical (unpaired) electrons. The summed E-state index contributed by atoms with van der Waals surface area (Å²) in [5.74, 6) is 0.189. The third-order valence-corrected chi connectivity index (χ3v) is 4.27. The molecule has 1 heterocycles. The molecule has 2 unspecified atom stereocenters. The Bertz CT molecular complexity index is 453. The lowest BCUT2D eigenvalue weighted by Crippen LogP contribution is -2.56. The molecular formula is C16H23ClN2O2. The number of carbonyl (C=O) groups is 1. The summed E-state index contributed by atoms with van der Waals surface area (Å²) >= 11 is 0. The van der Waals surface area contributed by atoms with Gasteiger partial charge in [0.2, 0.25) is 5.91 Å². The van der Waals surface area contributed by atoms with Gasteiger partial charge in [0.25, 0.3) is 0 Å². The lowest BCUT2D eigenvalue weighted by Gasteiger charge is -2.43. The van der Waals surface area contributed by atoms with Gasteiger partial charge in [-0.2, -0.15) is 0 Å². The molecule has 1 saturated carbocycles. The Morgan fingerprint density at radius 3 is 2.81 bits per heavy atom. The van der Waals surface area contributed by atoms with E-state index in [-0.39, 0.29) is 24.4 Å². The summed E-state index contributed by atoms with van der Waals surface area (Å²) in [4.78, 5) is 14.5. The third-order valence-electron chi connectivity index (χ3n) is 4.27. The molecule has 2 atom stereocenters. The summed E-state index contributed by atoms with van der Waals surface area (Å²) in [6.45, 7) is 1.78. The van der Waals surface area contributed by atoms with E-state index in [2.05, 4.69) is 5.32 Å². The third kappa shape index (κ3) is 3.89. The van der Waals surface area contributed by atoms with Crippen LogP contribution in [0.3, 0.4) is 0 Å². The maximum Gasteiger partial charge on any atom is 0.242 e. The number of hydrogen-bond acceptors (Lipinski definition) is 3. The molecule has 1 aromatic rings. The number of anilines is 1. The van der Waals surface area contributed by atoms with Crippen LogP contribution < -0.4 is 5.32 Å². The first-order valence-electron chi connectivity index (χ1n) is 7.54. The van der Waals surface area contributed by atoms with E-state index >= 15 is 0 Å². The molecule has 0 spiro atoms. The van der Waals surface area contributed by atoms with Crippen molar-refractivity contribution in [2.45, 2.75) is 37.8 Å². The standard InChI is InChI=1S/C16H22N2O2.ClH/c19-16(12-17-13-6-2-1-3-7-13)18-10-11-20-15-9-5-4-8-14(15)18;/h1-3,6-7,14-15,17H,4-5,8-12H2;1H. The van der Waals surface area contributed by atoms with Crippen molar-refractivity contribution in [1.82, 2.24) is 4.90 Å². The highest BCUT2D eigenvalue weighted by Crippen LogP contribution is 2.28. The second kappa shape index (κ2) is 7.66. The summed E-state index contributed by atoms with van der Waals surface area (Å²) < 4.78 is 5.81. The quantitative estimate of drug-likeness (QED) is 0.933. The molecule has 0 bridgehead atoms. The van der Waals surface area contributed by atoms with Gasteiger partial charge in [0, 0.05) is 12.2 Å². The molecule has 3 rings (SSSR count). The average molecular weight is 311 g/mol. The van der Waals surface area contributed by atoms with Gasteiger partial charge in [0.15, 0.2) is 0 Å². The van der Waals surface area contributed by atoms with Gasteiger partial charge in [-0.1, -0.05) is 31.0 Å². The number of amides is 1. The fraction of sp³-hybridized carbons (Fsp3) is 0.562. The molecule has 1 N–H and O–H groups in total. The molecule has 116 valence electrons. The molecular weight excluding hydrogens is 288 g/mol. The van der Waals surface area contributed by atoms with E-state index in [4.69, 9.17) is 4.74 Å². The van der Waals surface area contributed by atoms with Crippen molar-refractivity contribution < 1.29 is 9.53 Å². The van der Waals surface area contributed by atoms with Gasteiger partial charge < -0.3 is 15.0 Å².